The van der Waals surface area contributed by atoms with Crippen LogP contribution < -0.4 is 5.73 Å². The molecule has 0 radical (unpaired) electrons. The molecule has 0 aromatic heterocycles. The fourth-order valence-electron chi connectivity index (χ4n) is 1.62. The molecular formula is C13H10BrF2N. The molecule has 0 aliphatic heterocycles. The number of rotatable bonds is 2. The molecule has 2 N–H and O–H groups in total. The fraction of sp³-hybridized carbons (Fsp3) is 0.0769. The van der Waals surface area contributed by atoms with Crippen LogP contribution in [-0.4, -0.2) is 0 Å². The molecular weight excluding hydrogens is 288 g/mol. The molecule has 0 aliphatic rings. The Morgan fingerprint density at radius 2 is 1.41 bits per heavy atom. The molecule has 0 saturated heterocycles. The zero-order valence-electron chi connectivity index (χ0n) is 8.83. The van der Waals surface area contributed by atoms with Crippen LogP contribution in [0.1, 0.15) is 17.2 Å². The lowest BCUT2D eigenvalue weighted by Crippen LogP contribution is -2.12. The molecule has 0 fully saturated rings. The van der Waals surface area contributed by atoms with Gasteiger partial charge in [-0.05, 0) is 35.4 Å². The third kappa shape index (κ3) is 2.90. The van der Waals surface area contributed by atoms with Gasteiger partial charge in [0.1, 0.15) is 11.6 Å². The minimum Gasteiger partial charge on any atom is -0.320 e. The molecule has 88 valence electrons. The summed E-state index contributed by atoms with van der Waals surface area (Å²) in [7, 11) is 0. The average molecular weight is 298 g/mol. The predicted molar refractivity (Wildman–Crippen MR) is 66.5 cm³/mol. The molecule has 1 atom stereocenters. The van der Waals surface area contributed by atoms with Crippen LogP contribution in [0.15, 0.2) is 46.9 Å². The Kier molecular flexibility index (Phi) is 3.54. The Balaban J connectivity index is 2.36. The number of benzene rings is 2. The van der Waals surface area contributed by atoms with Gasteiger partial charge in [0.05, 0.1) is 6.04 Å². The lowest BCUT2D eigenvalue weighted by Gasteiger charge is -2.13. The largest absolute Gasteiger partial charge is 0.320 e. The van der Waals surface area contributed by atoms with Gasteiger partial charge in [0.2, 0.25) is 0 Å². The monoisotopic (exact) mass is 297 g/mol. The van der Waals surface area contributed by atoms with E-state index >= 15 is 0 Å². The molecule has 0 spiro atoms. The molecule has 0 amide bonds. The van der Waals surface area contributed by atoms with Crippen molar-refractivity contribution in [2.24, 2.45) is 5.73 Å². The van der Waals surface area contributed by atoms with Gasteiger partial charge in [-0.3, -0.25) is 0 Å². The molecule has 0 bridgehead atoms. The first-order chi connectivity index (χ1) is 8.06. The number of halogens is 3. The van der Waals surface area contributed by atoms with Crippen LogP contribution in [0.5, 0.6) is 0 Å². The molecule has 0 aliphatic carbocycles. The Labute approximate surface area is 106 Å². The second-order valence-corrected chi connectivity index (χ2v) is 4.65. The van der Waals surface area contributed by atoms with E-state index in [4.69, 9.17) is 5.73 Å². The zero-order chi connectivity index (χ0) is 12.4. The first kappa shape index (κ1) is 12.2. The first-order valence-corrected chi connectivity index (χ1v) is 5.82. The van der Waals surface area contributed by atoms with Crippen molar-refractivity contribution in [1.29, 1.82) is 0 Å². The van der Waals surface area contributed by atoms with Crippen LogP contribution >= 0.6 is 15.9 Å². The molecule has 1 nitrogen and oxygen atoms in total. The van der Waals surface area contributed by atoms with E-state index in [9.17, 15) is 8.78 Å². The summed E-state index contributed by atoms with van der Waals surface area (Å²) < 4.78 is 27.1. The van der Waals surface area contributed by atoms with E-state index in [0.717, 1.165) is 16.1 Å². The van der Waals surface area contributed by atoms with E-state index in [1.54, 1.807) is 0 Å². The number of hydrogen-bond donors (Lipinski definition) is 1. The van der Waals surface area contributed by atoms with Gasteiger partial charge in [0.15, 0.2) is 0 Å². The maximum absolute atomic E-state index is 13.1. The van der Waals surface area contributed by atoms with Gasteiger partial charge in [0, 0.05) is 10.5 Å². The zero-order valence-corrected chi connectivity index (χ0v) is 10.4. The Morgan fingerprint density at radius 1 is 0.882 bits per heavy atom. The number of nitrogens with two attached hydrogens (primary N) is 1. The summed E-state index contributed by atoms with van der Waals surface area (Å²) in [6, 6.07) is 10.1. The molecule has 2 aromatic carbocycles. The predicted octanol–water partition coefficient (Wildman–Crippen LogP) is 3.78. The average Bonchev–Trinajstić information content (AvgIpc) is 2.28. The van der Waals surface area contributed by atoms with Gasteiger partial charge in [-0.25, -0.2) is 8.78 Å². The van der Waals surface area contributed by atoms with Gasteiger partial charge >= 0.3 is 0 Å². The van der Waals surface area contributed by atoms with E-state index in [1.165, 1.54) is 12.1 Å². The highest BCUT2D eigenvalue weighted by Crippen LogP contribution is 2.22. The molecule has 1 unspecified atom stereocenters. The van der Waals surface area contributed by atoms with E-state index in [-0.39, 0.29) is 0 Å². The molecule has 2 aromatic rings. The van der Waals surface area contributed by atoms with Gasteiger partial charge in [-0.1, -0.05) is 28.1 Å². The summed E-state index contributed by atoms with van der Waals surface area (Å²) in [6.07, 6.45) is 0. The van der Waals surface area contributed by atoms with Crippen molar-refractivity contribution in [2.45, 2.75) is 6.04 Å². The summed E-state index contributed by atoms with van der Waals surface area (Å²) >= 11 is 3.31. The van der Waals surface area contributed by atoms with Crippen LogP contribution in [0, 0.1) is 11.6 Å². The summed E-state index contributed by atoms with van der Waals surface area (Å²) in [4.78, 5) is 0. The van der Waals surface area contributed by atoms with Gasteiger partial charge in [0.25, 0.3) is 0 Å². The molecule has 4 heteroatoms. The van der Waals surface area contributed by atoms with Crippen molar-refractivity contribution in [2.75, 3.05) is 0 Å². The van der Waals surface area contributed by atoms with Gasteiger partial charge in [-0.2, -0.15) is 0 Å². The van der Waals surface area contributed by atoms with Crippen LogP contribution in [0.2, 0.25) is 0 Å². The van der Waals surface area contributed by atoms with Crippen molar-refractivity contribution >= 4 is 15.9 Å². The highest BCUT2D eigenvalue weighted by Gasteiger charge is 2.11. The minimum atomic E-state index is -0.618. The third-order valence-corrected chi connectivity index (χ3v) is 3.00. The highest BCUT2D eigenvalue weighted by molar-refractivity contribution is 9.10. The van der Waals surface area contributed by atoms with Gasteiger partial charge < -0.3 is 5.73 Å². The summed E-state index contributed by atoms with van der Waals surface area (Å²) in [5, 5.41) is 0. The quantitative estimate of drug-likeness (QED) is 0.897. The normalized spacial score (nSPS) is 12.5. The van der Waals surface area contributed by atoms with Crippen LogP contribution in [-0.2, 0) is 0 Å². The van der Waals surface area contributed by atoms with Gasteiger partial charge in [-0.15, -0.1) is 0 Å². The van der Waals surface area contributed by atoms with Crippen molar-refractivity contribution < 1.29 is 8.78 Å². The first-order valence-electron chi connectivity index (χ1n) is 5.03. The maximum atomic E-state index is 13.1. The van der Waals surface area contributed by atoms with Crippen LogP contribution in [0.4, 0.5) is 8.78 Å². The summed E-state index contributed by atoms with van der Waals surface area (Å²) in [5.74, 6) is -1.24. The van der Waals surface area contributed by atoms with E-state index < -0.39 is 17.7 Å². The SMILES string of the molecule is NC(c1ccc(Br)cc1)c1cc(F)cc(F)c1. The minimum absolute atomic E-state index is 0.421. The smallest absolute Gasteiger partial charge is 0.126 e. The van der Waals surface area contributed by atoms with Crippen LogP contribution in [0.3, 0.4) is 0 Å². The molecule has 0 saturated carbocycles. The summed E-state index contributed by atoms with van der Waals surface area (Å²) in [5.41, 5.74) is 7.18. The molecule has 2 rings (SSSR count). The van der Waals surface area contributed by atoms with Crippen molar-refractivity contribution in [1.82, 2.24) is 0 Å². The van der Waals surface area contributed by atoms with Crippen molar-refractivity contribution in [3.8, 4) is 0 Å². The molecule has 17 heavy (non-hydrogen) atoms. The third-order valence-electron chi connectivity index (χ3n) is 2.47. The second-order valence-electron chi connectivity index (χ2n) is 3.73. The standard InChI is InChI=1S/C13H10BrF2N/c14-10-3-1-8(2-4-10)13(17)9-5-11(15)7-12(16)6-9/h1-7,13H,17H2. The Bertz CT molecular complexity index is 505. The fourth-order valence-corrected chi connectivity index (χ4v) is 1.88. The number of hydrogen-bond acceptors (Lipinski definition) is 1. The van der Waals surface area contributed by atoms with Crippen molar-refractivity contribution in [3.63, 3.8) is 0 Å². The highest BCUT2D eigenvalue weighted by atomic mass is 79.9. The Morgan fingerprint density at radius 3 is 1.94 bits per heavy atom. The Hall–Kier alpha value is -1.26. The molecule has 0 heterocycles. The lowest BCUT2D eigenvalue weighted by atomic mass is 9.99. The van der Waals surface area contributed by atoms with E-state index in [0.29, 0.717) is 5.56 Å². The second kappa shape index (κ2) is 4.94. The topological polar surface area (TPSA) is 26.0 Å². The van der Waals surface area contributed by atoms with E-state index in [1.807, 2.05) is 24.3 Å². The van der Waals surface area contributed by atoms with Crippen molar-refractivity contribution in [3.05, 3.63) is 69.7 Å². The lowest BCUT2D eigenvalue weighted by molar-refractivity contribution is 0.577. The van der Waals surface area contributed by atoms with E-state index in [2.05, 4.69) is 15.9 Å². The summed E-state index contributed by atoms with van der Waals surface area (Å²) in [6.45, 7) is 0. The maximum Gasteiger partial charge on any atom is 0.126 e. The van der Waals surface area contributed by atoms with Crippen LogP contribution in [0.25, 0.3) is 0 Å².